The van der Waals surface area contributed by atoms with Gasteiger partial charge in [0.05, 0.1) is 0 Å². The van der Waals surface area contributed by atoms with Crippen molar-refractivity contribution in [2.24, 2.45) is 0 Å². The molecule has 0 spiro atoms. The van der Waals surface area contributed by atoms with Crippen LogP contribution in [0.4, 0.5) is 0 Å². The number of benzene rings is 1. The lowest BCUT2D eigenvalue weighted by Crippen LogP contribution is -2.45. The zero-order valence-electron chi connectivity index (χ0n) is 11.0. The van der Waals surface area contributed by atoms with Crippen LogP contribution in [0, 0.1) is 0 Å². The van der Waals surface area contributed by atoms with Crippen LogP contribution in [-0.2, 0) is 6.54 Å². The molecule has 0 radical (unpaired) electrons. The summed E-state index contributed by atoms with van der Waals surface area (Å²) >= 11 is -0.601. The minimum absolute atomic E-state index is 0.601. The van der Waals surface area contributed by atoms with Crippen LogP contribution in [0.1, 0.15) is 18.4 Å². The van der Waals surface area contributed by atoms with Gasteiger partial charge in [-0.3, -0.25) is 4.90 Å². The smallest absolute Gasteiger partial charge is 0.363 e. The maximum absolute atomic E-state index is 3.78. The summed E-state index contributed by atoms with van der Waals surface area (Å²) in [6, 6.07) is 11.6. The lowest BCUT2D eigenvalue weighted by atomic mass is 10.1. The van der Waals surface area contributed by atoms with E-state index in [9.17, 15) is 0 Å². The summed E-state index contributed by atoms with van der Waals surface area (Å²) in [6.07, 6.45) is 2.63. The summed E-state index contributed by atoms with van der Waals surface area (Å²) < 4.78 is 3.78. The minimum Gasteiger partial charge on any atom is -0.396 e. The normalized spacial score (nSPS) is 18.2. The van der Waals surface area contributed by atoms with E-state index in [0.717, 1.165) is 12.6 Å². The molecule has 1 aliphatic rings. The molecule has 1 aromatic carbocycles. The van der Waals surface area contributed by atoms with E-state index in [1.54, 1.807) is 0 Å². The van der Waals surface area contributed by atoms with Gasteiger partial charge in [-0.1, -0.05) is 41.9 Å². The van der Waals surface area contributed by atoms with E-state index in [4.69, 9.17) is 0 Å². The van der Waals surface area contributed by atoms with Crippen molar-refractivity contribution in [3.63, 3.8) is 0 Å². The fraction of sp³-hybridized carbons (Fsp3) is 0.571. The number of rotatable bonds is 4. The van der Waals surface area contributed by atoms with Gasteiger partial charge in [0, 0.05) is 6.54 Å². The van der Waals surface area contributed by atoms with Gasteiger partial charge in [0.2, 0.25) is 0 Å². The lowest BCUT2D eigenvalue weighted by Gasteiger charge is -2.33. The minimum atomic E-state index is -0.601. The highest BCUT2D eigenvalue weighted by Gasteiger charge is 2.20. The molecule has 0 aliphatic carbocycles. The molecule has 92 valence electrons. The van der Waals surface area contributed by atoms with Crippen molar-refractivity contribution in [2.45, 2.75) is 37.0 Å². The fourth-order valence-electron chi connectivity index (χ4n) is 2.57. The first-order valence-corrected chi connectivity index (χ1v) is 9.65. The molecular weight excluding hydrogens is 223 g/mol. The third-order valence-electron chi connectivity index (χ3n) is 3.41. The highest BCUT2D eigenvalue weighted by atomic mass is 27.2. The van der Waals surface area contributed by atoms with Gasteiger partial charge >= 0.3 is 14.4 Å². The Morgan fingerprint density at radius 2 is 1.82 bits per heavy atom. The summed E-state index contributed by atoms with van der Waals surface area (Å²) in [7, 11) is 0. The molecule has 3 heteroatoms. The van der Waals surface area contributed by atoms with Gasteiger partial charge in [-0.05, 0) is 37.5 Å². The molecular formula is C14H23AlN2. The first-order valence-electron chi connectivity index (χ1n) is 6.76. The average Bonchev–Trinajstić information content (AvgIpc) is 2.32. The topological polar surface area (TPSA) is 15.3 Å². The van der Waals surface area contributed by atoms with Crippen LogP contribution < -0.4 is 4.30 Å². The van der Waals surface area contributed by atoms with Crippen molar-refractivity contribution in [1.29, 1.82) is 0 Å². The molecule has 1 fully saturated rings. The van der Waals surface area contributed by atoms with E-state index in [2.05, 4.69) is 51.1 Å². The molecule has 1 N–H and O–H groups in total. The Labute approximate surface area is 110 Å². The first kappa shape index (κ1) is 13.1. The SMILES string of the molecule is [CH3][Al]([CH3])[NH]C1CCN(Cc2ccccc2)CC1. The zero-order valence-corrected chi connectivity index (χ0v) is 12.2. The van der Waals surface area contributed by atoms with Crippen LogP contribution in [0.25, 0.3) is 0 Å². The third kappa shape index (κ3) is 4.45. The number of hydrogen-bond acceptors (Lipinski definition) is 2. The Morgan fingerprint density at radius 3 is 2.41 bits per heavy atom. The van der Waals surface area contributed by atoms with Gasteiger partial charge < -0.3 is 4.30 Å². The molecule has 1 aliphatic heterocycles. The maximum atomic E-state index is 3.78. The Bertz CT molecular complexity index is 318. The third-order valence-corrected chi connectivity index (χ3v) is 4.54. The summed E-state index contributed by atoms with van der Waals surface area (Å²) in [5.74, 6) is 4.74. The summed E-state index contributed by atoms with van der Waals surface area (Å²) in [5.41, 5.74) is 1.44. The van der Waals surface area contributed by atoms with Crippen LogP contribution in [0.5, 0.6) is 0 Å². The monoisotopic (exact) mass is 246 g/mol. The lowest BCUT2D eigenvalue weighted by molar-refractivity contribution is 0.199. The second kappa shape index (κ2) is 6.56. The van der Waals surface area contributed by atoms with Crippen LogP contribution in [0.3, 0.4) is 0 Å². The number of nitrogens with zero attached hydrogens (tertiary/aromatic N) is 1. The number of likely N-dealkylation sites (tertiary alicyclic amines) is 1. The van der Waals surface area contributed by atoms with Crippen LogP contribution in [0.2, 0.25) is 11.6 Å². The first-order chi connectivity index (χ1) is 8.24. The number of hydrogen-bond donors (Lipinski definition) is 1. The van der Waals surface area contributed by atoms with E-state index < -0.39 is 14.4 Å². The van der Waals surface area contributed by atoms with Gasteiger partial charge in [-0.15, -0.1) is 0 Å². The predicted octanol–water partition coefficient (Wildman–Crippen LogP) is 2.49. The van der Waals surface area contributed by atoms with Crippen molar-refractivity contribution >= 4 is 14.4 Å². The van der Waals surface area contributed by atoms with Gasteiger partial charge in [-0.2, -0.15) is 0 Å². The molecule has 1 heterocycles. The highest BCUT2D eigenvalue weighted by Crippen LogP contribution is 2.13. The molecule has 0 bridgehead atoms. The molecule has 1 aromatic rings. The molecule has 0 saturated carbocycles. The van der Waals surface area contributed by atoms with Crippen LogP contribution >= 0.6 is 0 Å². The van der Waals surface area contributed by atoms with Gasteiger partial charge in [-0.25, -0.2) is 0 Å². The number of nitrogens with one attached hydrogen (secondary N) is 1. The summed E-state index contributed by atoms with van der Waals surface area (Å²) in [4.78, 5) is 2.58. The van der Waals surface area contributed by atoms with E-state index in [1.165, 1.54) is 31.5 Å². The van der Waals surface area contributed by atoms with E-state index in [-0.39, 0.29) is 0 Å². The molecule has 2 rings (SSSR count). The molecule has 0 unspecified atom stereocenters. The molecule has 1 saturated heterocycles. The molecule has 0 amide bonds. The van der Waals surface area contributed by atoms with Gasteiger partial charge in [0.25, 0.3) is 0 Å². The van der Waals surface area contributed by atoms with E-state index >= 15 is 0 Å². The second-order valence-corrected chi connectivity index (χ2v) is 8.00. The second-order valence-electron chi connectivity index (χ2n) is 5.36. The van der Waals surface area contributed by atoms with E-state index in [1.807, 2.05) is 0 Å². The largest absolute Gasteiger partial charge is 0.396 e. The van der Waals surface area contributed by atoms with Crippen molar-refractivity contribution < 1.29 is 0 Å². The van der Waals surface area contributed by atoms with E-state index in [0.29, 0.717) is 0 Å². The molecule has 0 aromatic heterocycles. The predicted molar refractivity (Wildman–Crippen MR) is 75.4 cm³/mol. The maximum Gasteiger partial charge on any atom is 0.363 e. The van der Waals surface area contributed by atoms with Crippen molar-refractivity contribution in [3.05, 3.63) is 35.9 Å². The van der Waals surface area contributed by atoms with Crippen molar-refractivity contribution in [1.82, 2.24) is 9.20 Å². The fourth-order valence-corrected chi connectivity index (χ4v) is 3.85. The van der Waals surface area contributed by atoms with Crippen LogP contribution in [-0.4, -0.2) is 38.4 Å². The van der Waals surface area contributed by atoms with Crippen molar-refractivity contribution in [2.75, 3.05) is 13.1 Å². The highest BCUT2D eigenvalue weighted by molar-refractivity contribution is 6.52. The Balaban J connectivity index is 1.76. The Morgan fingerprint density at radius 1 is 1.18 bits per heavy atom. The molecule has 2 nitrogen and oxygen atoms in total. The zero-order chi connectivity index (χ0) is 12.1. The summed E-state index contributed by atoms with van der Waals surface area (Å²) in [5, 5.41) is 0. The number of piperidine rings is 1. The molecule has 0 atom stereocenters. The quantitative estimate of drug-likeness (QED) is 0.821. The standard InChI is InChI=1S/C12H17N2.2CH3.Al/c13-12-6-8-14(9-7-12)10-11-4-2-1-3-5-11;;;/h1-5,12-13H,6-10H2;2*1H3;/q-1;;;+1. The van der Waals surface area contributed by atoms with Gasteiger partial charge in [0.1, 0.15) is 0 Å². The average molecular weight is 246 g/mol. The Kier molecular flexibility index (Phi) is 5.06. The van der Waals surface area contributed by atoms with Crippen molar-refractivity contribution in [3.8, 4) is 0 Å². The molecule has 17 heavy (non-hydrogen) atoms. The Hall–Kier alpha value is -0.328. The van der Waals surface area contributed by atoms with Gasteiger partial charge in [0.15, 0.2) is 0 Å². The summed E-state index contributed by atoms with van der Waals surface area (Å²) in [6.45, 7) is 3.61. The van der Waals surface area contributed by atoms with Crippen LogP contribution in [0.15, 0.2) is 30.3 Å².